The van der Waals surface area contributed by atoms with Gasteiger partial charge in [-0.3, -0.25) is 19.4 Å². The van der Waals surface area contributed by atoms with Crippen molar-refractivity contribution < 1.29 is 9.53 Å². The van der Waals surface area contributed by atoms with E-state index < -0.39 is 0 Å². The van der Waals surface area contributed by atoms with Gasteiger partial charge in [-0.2, -0.15) is 5.10 Å². The van der Waals surface area contributed by atoms with E-state index >= 15 is 0 Å². The van der Waals surface area contributed by atoms with Crippen molar-refractivity contribution in [3.05, 3.63) is 64.3 Å². The van der Waals surface area contributed by atoms with E-state index in [1.54, 1.807) is 38.8 Å². The quantitative estimate of drug-likeness (QED) is 0.455. The number of rotatable bonds is 5. The first-order valence-electron chi connectivity index (χ1n) is 10.4. The predicted octanol–water partition coefficient (Wildman–Crippen LogP) is 4.32. The number of nitrogens with one attached hydrogen (secondary N) is 1. The Labute approximate surface area is 196 Å². The normalized spacial score (nSPS) is 12.1. The lowest BCUT2D eigenvalue weighted by Crippen LogP contribution is -2.19. The molecule has 3 aromatic heterocycles. The predicted molar refractivity (Wildman–Crippen MR) is 130 cm³/mol. The second kappa shape index (κ2) is 8.71. The van der Waals surface area contributed by atoms with Gasteiger partial charge in [-0.15, -0.1) is 0 Å². The van der Waals surface area contributed by atoms with Crippen molar-refractivity contribution in [2.24, 2.45) is 0 Å². The van der Waals surface area contributed by atoms with Gasteiger partial charge in [0.1, 0.15) is 11.4 Å². The molecule has 0 aliphatic heterocycles. The maximum Gasteiger partial charge on any atom is 0.269 e. The number of anilines is 1. The van der Waals surface area contributed by atoms with Crippen molar-refractivity contribution in [3.8, 4) is 16.9 Å². The Morgan fingerprint density at radius 2 is 2.03 bits per heavy atom. The van der Waals surface area contributed by atoms with Crippen LogP contribution in [0.4, 0.5) is 5.69 Å². The number of pyridine rings is 2. The van der Waals surface area contributed by atoms with Crippen LogP contribution in [-0.4, -0.2) is 39.8 Å². The standard InChI is InChI=1S/C24H25ClN6O2/c1-12-17(25)9-16(14(3)31-20-11-28-10-18(26)22(20)13(2)30-31)23(33-5)21(12)15-6-7-29-19(8-15)24(32)27-4/h6-11,14H,26H2,1-5H3,(H,27,32). The molecule has 0 fully saturated rings. The highest BCUT2D eigenvalue weighted by Crippen LogP contribution is 2.43. The summed E-state index contributed by atoms with van der Waals surface area (Å²) in [6.45, 7) is 5.86. The molecule has 1 unspecified atom stereocenters. The summed E-state index contributed by atoms with van der Waals surface area (Å²) in [5.74, 6) is 0.379. The van der Waals surface area contributed by atoms with Crippen LogP contribution in [0.15, 0.2) is 36.8 Å². The number of aromatic nitrogens is 4. The number of fused-ring (bicyclic) bond motifs is 1. The molecule has 0 saturated carbocycles. The molecule has 0 radical (unpaired) electrons. The summed E-state index contributed by atoms with van der Waals surface area (Å²) in [6.07, 6.45) is 4.98. The molecule has 1 amide bonds. The van der Waals surface area contributed by atoms with Crippen LogP contribution in [-0.2, 0) is 0 Å². The maximum absolute atomic E-state index is 12.2. The van der Waals surface area contributed by atoms with E-state index in [1.807, 2.05) is 37.6 Å². The number of carbonyl (C=O) groups is 1. The Bertz CT molecular complexity index is 1380. The minimum absolute atomic E-state index is 0.239. The number of hydrogen-bond donors (Lipinski definition) is 2. The molecule has 9 heteroatoms. The van der Waals surface area contributed by atoms with E-state index in [-0.39, 0.29) is 11.9 Å². The second-order valence-corrected chi connectivity index (χ2v) is 8.23. The summed E-state index contributed by atoms with van der Waals surface area (Å²) < 4.78 is 7.80. The van der Waals surface area contributed by atoms with E-state index in [4.69, 9.17) is 27.2 Å². The monoisotopic (exact) mass is 464 g/mol. The van der Waals surface area contributed by atoms with Gasteiger partial charge in [-0.05, 0) is 50.1 Å². The zero-order valence-electron chi connectivity index (χ0n) is 19.1. The lowest BCUT2D eigenvalue weighted by Gasteiger charge is -2.22. The lowest BCUT2D eigenvalue weighted by atomic mass is 9.94. The van der Waals surface area contributed by atoms with Gasteiger partial charge in [0, 0.05) is 34.8 Å². The summed E-state index contributed by atoms with van der Waals surface area (Å²) in [7, 11) is 3.19. The van der Waals surface area contributed by atoms with Gasteiger partial charge in [0.25, 0.3) is 5.91 Å². The van der Waals surface area contributed by atoms with Crippen LogP contribution in [0.5, 0.6) is 5.75 Å². The molecule has 170 valence electrons. The van der Waals surface area contributed by atoms with Crippen LogP contribution in [0.2, 0.25) is 5.02 Å². The molecule has 1 atom stereocenters. The van der Waals surface area contributed by atoms with Crippen molar-refractivity contribution >= 4 is 34.1 Å². The number of ether oxygens (including phenoxy) is 1. The summed E-state index contributed by atoms with van der Waals surface area (Å²) in [5, 5.41) is 8.80. The molecule has 0 aliphatic carbocycles. The number of aryl methyl sites for hydroxylation is 1. The molecule has 4 rings (SSSR count). The Kier molecular flexibility index (Phi) is 5.95. The van der Waals surface area contributed by atoms with Gasteiger partial charge in [-0.25, -0.2) is 0 Å². The Morgan fingerprint density at radius 3 is 2.73 bits per heavy atom. The fourth-order valence-corrected chi connectivity index (χ4v) is 4.40. The summed E-state index contributed by atoms with van der Waals surface area (Å²) in [6, 6.07) is 5.22. The molecule has 8 nitrogen and oxygen atoms in total. The largest absolute Gasteiger partial charge is 0.496 e. The number of carbonyl (C=O) groups excluding carboxylic acids is 1. The highest BCUT2D eigenvalue weighted by Gasteiger charge is 2.25. The molecule has 0 spiro atoms. The van der Waals surface area contributed by atoms with Crippen molar-refractivity contribution in [2.75, 3.05) is 19.9 Å². The Balaban J connectivity index is 1.94. The topological polar surface area (TPSA) is 108 Å². The smallest absolute Gasteiger partial charge is 0.269 e. The van der Waals surface area contributed by atoms with Gasteiger partial charge in [0.15, 0.2) is 0 Å². The summed E-state index contributed by atoms with van der Waals surface area (Å²) in [4.78, 5) is 20.6. The molecule has 0 saturated heterocycles. The fourth-order valence-electron chi connectivity index (χ4n) is 4.19. The van der Waals surface area contributed by atoms with Gasteiger partial charge < -0.3 is 15.8 Å². The summed E-state index contributed by atoms with van der Waals surface area (Å²) >= 11 is 6.70. The Morgan fingerprint density at radius 1 is 1.27 bits per heavy atom. The molecular weight excluding hydrogens is 440 g/mol. The van der Waals surface area contributed by atoms with E-state index in [9.17, 15) is 4.79 Å². The highest BCUT2D eigenvalue weighted by atomic mass is 35.5. The van der Waals surface area contributed by atoms with Crippen molar-refractivity contribution in [1.82, 2.24) is 25.1 Å². The SMILES string of the molecule is CNC(=O)c1cc(-c2c(C)c(Cl)cc(C(C)n3nc(C)c4c(N)cncc43)c2OC)ccn1. The first kappa shape index (κ1) is 22.5. The van der Waals surface area contributed by atoms with Crippen LogP contribution in [0, 0.1) is 13.8 Å². The number of nitrogens with two attached hydrogens (primary N) is 1. The molecular formula is C24H25ClN6O2. The number of hydrogen-bond acceptors (Lipinski definition) is 6. The van der Waals surface area contributed by atoms with Crippen molar-refractivity contribution in [2.45, 2.75) is 26.8 Å². The van der Waals surface area contributed by atoms with Crippen LogP contribution < -0.4 is 15.8 Å². The molecule has 33 heavy (non-hydrogen) atoms. The van der Waals surface area contributed by atoms with Gasteiger partial charge in [-0.1, -0.05) is 11.6 Å². The number of halogens is 1. The number of benzene rings is 1. The van der Waals surface area contributed by atoms with Crippen molar-refractivity contribution in [1.29, 1.82) is 0 Å². The third-order valence-corrected chi connectivity index (χ3v) is 6.25. The fraction of sp³-hybridized carbons (Fsp3) is 0.250. The van der Waals surface area contributed by atoms with E-state index in [0.29, 0.717) is 22.2 Å². The van der Waals surface area contributed by atoms with Gasteiger partial charge in [0.2, 0.25) is 0 Å². The highest BCUT2D eigenvalue weighted by molar-refractivity contribution is 6.32. The zero-order valence-corrected chi connectivity index (χ0v) is 19.9. The summed E-state index contributed by atoms with van der Waals surface area (Å²) in [5.41, 5.74) is 11.9. The Hall–Kier alpha value is -3.65. The second-order valence-electron chi connectivity index (χ2n) is 7.82. The van der Waals surface area contributed by atoms with E-state index in [2.05, 4.69) is 15.3 Å². The minimum Gasteiger partial charge on any atom is -0.496 e. The van der Waals surface area contributed by atoms with Crippen LogP contribution >= 0.6 is 11.6 Å². The third kappa shape index (κ3) is 3.76. The number of amides is 1. The number of methoxy groups -OCH3 is 1. The molecule has 0 bridgehead atoms. The molecule has 0 aliphatic rings. The average Bonchev–Trinajstić information content (AvgIpc) is 3.17. The van der Waals surface area contributed by atoms with Crippen LogP contribution in [0.3, 0.4) is 0 Å². The maximum atomic E-state index is 12.2. The van der Waals surface area contributed by atoms with Crippen LogP contribution in [0.25, 0.3) is 22.0 Å². The van der Waals surface area contributed by atoms with Crippen molar-refractivity contribution in [3.63, 3.8) is 0 Å². The molecule has 4 aromatic rings. The van der Waals surface area contributed by atoms with Gasteiger partial charge >= 0.3 is 0 Å². The van der Waals surface area contributed by atoms with E-state index in [0.717, 1.165) is 38.9 Å². The third-order valence-electron chi connectivity index (χ3n) is 5.86. The average molecular weight is 465 g/mol. The lowest BCUT2D eigenvalue weighted by molar-refractivity contribution is 0.0958. The van der Waals surface area contributed by atoms with E-state index in [1.165, 1.54) is 0 Å². The molecule has 3 heterocycles. The first-order valence-corrected chi connectivity index (χ1v) is 10.8. The zero-order chi connectivity index (χ0) is 23.9. The first-order chi connectivity index (χ1) is 15.8. The molecule has 1 aromatic carbocycles. The molecule has 3 N–H and O–H groups in total. The number of nitrogen functional groups attached to an aromatic ring is 1. The van der Waals surface area contributed by atoms with Gasteiger partial charge in [0.05, 0.1) is 42.4 Å². The number of nitrogens with zero attached hydrogens (tertiary/aromatic N) is 4. The minimum atomic E-state index is -0.271. The van der Waals surface area contributed by atoms with Crippen LogP contribution in [0.1, 0.15) is 40.3 Å².